The van der Waals surface area contributed by atoms with Gasteiger partial charge in [0, 0.05) is 48.9 Å². The fraction of sp³-hybridized carbons (Fsp3) is 0.643. The highest BCUT2D eigenvalue weighted by molar-refractivity contribution is 7.99. The molecule has 0 aliphatic carbocycles. The maximum absolute atomic E-state index is 4.46. The molecule has 1 fully saturated rings. The molecule has 1 aromatic heterocycles. The number of rotatable bonds is 5. The van der Waals surface area contributed by atoms with Crippen molar-refractivity contribution in [3.05, 3.63) is 23.9 Å². The summed E-state index contributed by atoms with van der Waals surface area (Å²) < 4.78 is 0. The highest BCUT2D eigenvalue weighted by Crippen LogP contribution is 2.21. The normalized spacial score (nSPS) is 20.9. The summed E-state index contributed by atoms with van der Waals surface area (Å²) in [5.41, 5.74) is 1.32. The number of aromatic nitrogens is 1. The summed E-state index contributed by atoms with van der Waals surface area (Å²) in [5, 5.41) is 4.17. The molecule has 1 atom stereocenters. The van der Waals surface area contributed by atoms with Crippen LogP contribution in [0.4, 0.5) is 5.82 Å². The molecule has 1 aromatic rings. The molecule has 4 heteroatoms. The Morgan fingerprint density at radius 1 is 1.56 bits per heavy atom. The van der Waals surface area contributed by atoms with Crippen LogP contribution in [0.2, 0.25) is 0 Å². The monoisotopic (exact) mass is 265 g/mol. The molecule has 0 spiro atoms. The second-order valence-electron chi connectivity index (χ2n) is 4.85. The van der Waals surface area contributed by atoms with Crippen LogP contribution < -0.4 is 5.32 Å². The summed E-state index contributed by atoms with van der Waals surface area (Å²) >= 11 is 2.08. The summed E-state index contributed by atoms with van der Waals surface area (Å²) in [5.74, 6) is 2.31. The molecule has 0 amide bonds. The van der Waals surface area contributed by atoms with E-state index in [9.17, 15) is 0 Å². The predicted octanol–water partition coefficient (Wildman–Crippen LogP) is 2.84. The lowest BCUT2D eigenvalue weighted by Gasteiger charge is -2.30. The first kappa shape index (κ1) is 13.7. The van der Waals surface area contributed by atoms with Gasteiger partial charge in [-0.25, -0.2) is 4.98 Å². The third-order valence-electron chi connectivity index (χ3n) is 3.15. The van der Waals surface area contributed by atoms with E-state index in [0.717, 1.165) is 30.6 Å². The van der Waals surface area contributed by atoms with Gasteiger partial charge in [0.05, 0.1) is 0 Å². The molecule has 1 N–H and O–H groups in total. The van der Waals surface area contributed by atoms with Gasteiger partial charge in [-0.05, 0) is 12.5 Å². The van der Waals surface area contributed by atoms with Gasteiger partial charge >= 0.3 is 0 Å². The molecule has 1 aliphatic rings. The van der Waals surface area contributed by atoms with E-state index in [0.29, 0.717) is 0 Å². The first-order valence-electron chi connectivity index (χ1n) is 6.81. The Morgan fingerprint density at radius 2 is 2.44 bits per heavy atom. The second kappa shape index (κ2) is 7.00. The fourth-order valence-electron chi connectivity index (χ4n) is 2.24. The first-order valence-corrected chi connectivity index (χ1v) is 7.86. The molecule has 1 saturated heterocycles. The van der Waals surface area contributed by atoms with Gasteiger partial charge in [-0.1, -0.05) is 19.9 Å². The van der Waals surface area contributed by atoms with Crippen molar-refractivity contribution in [2.75, 3.05) is 30.7 Å². The maximum Gasteiger partial charge on any atom is 0.130 e. The lowest BCUT2D eigenvalue weighted by molar-refractivity contribution is 0.278. The Kier molecular flexibility index (Phi) is 5.32. The minimum absolute atomic E-state index is 0.752. The average molecular weight is 265 g/mol. The molecule has 1 aliphatic heterocycles. The third kappa shape index (κ3) is 3.89. The van der Waals surface area contributed by atoms with Crippen molar-refractivity contribution in [1.82, 2.24) is 9.88 Å². The van der Waals surface area contributed by atoms with Crippen molar-refractivity contribution in [2.24, 2.45) is 0 Å². The standard InChI is InChI=1S/C14H23N3S/c1-3-6-15-14-13(5-4-7-16-14)11-17-8-9-18-12(2)10-17/h4-5,7,12H,3,6,8-11H2,1-2H3,(H,15,16). The van der Waals surface area contributed by atoms with Gasteiger partial charge < -0.3 is 5.32 Å². The molecule has 3 nitrogen and oxygen atoms in total. The highest BCUT2D eigenvalue weighted by atomic mass is 32.2. The zero-order chi connectivity index (χ0) is 12.8. The van der Waals surface area contributed by atoms with E-state index >= 15 is 0 Å². The lowest BCUT2D eigenvalue weighted by Crippen LogP contribution is -2.36. The second-order valence-corrected chi connectivity index (χ2v) is 6.40. The van der Waals surface area contributed by atoms with Crippen LogP contribution >= 0.6 is 11.8 Å². The van der Waals surface area contributed by atoms with Crippen LogP contribution in [0.3, 0.4) is 0 Å². The fourth-order valence-corrected chi connectivity index (χ4v) is 3.33. The van der Waals surface area contributed by atoms with Crippen molar-refractivity contribution < 1.29 is 0 Å². The topological polar surface area (TPSA) is 28.2 Å². The molecule has 0 radical (unpaired) electrons. The summed E-state index contributed by atoms with van der Waals surface area (Å²) in [6.45, 7) is 8.89. The van der Waals surface area contributed by atoms with Crippen LogP contribution in [0.5, 0.6) is 0 Å². The molecular weight excluding hydrogens is 242 g/mol. The van der Waals surface area contributed by atoms with Gasteiger partial charge in [-0.3, -0.25) is 4.90 Å². The zero-order valence-corrected chi connectivity index (χ0v) is 12.2. The smallest absolute Gasteiger partial charge is 0.130 e. The number of thioether (sulfide) groups is 1. The van der Waals surface area contributed by atoms with Gasteiger partial charge in [0.15, 0.2) is 0 Å². The summed E-state index contributed by atoms with van der Waals surface area (Å²) in [7, 11) is 0. The zero-order valence-electron chi connectivity index (χ0n) is 11.4. The van der Waals surface area contributed by atoms with Gasteiger partial charge in [-0.15, -0.1) is 0 Å². The Morgan fingerprint density at radius 3 is 3.22 bits per heavy atom. The maximum atomic E-state index is 4.46. The molecular formula is C14H23N3S. The number of hydrogen-bond donors (Lipinski definition) is 1. The Hall–Kier alpha value is -0.740. The summed E-state index contributed by atoms with van der Waals surface area (Å²) in [6, 6.07) is 4.23. The molecule has 0 bridgehead atoms. The molecule has 1 unspecified atom stereocenters. The molecule has 18 heavy (non-hydrogen) atoms. The SMILES string of the molecule is CCCNc1ncccc1CN1CCSC(C)C1. The van der Waals surface area contributed by atoms with E-state index in [-0.39, 0.29) is 0 Å². The Labute approximate surface area is 114 Å². The van der Waals surface area contributed by atoms with E-state index < -0.39 is 0 Å². The quantitative estimate of drug-likeness (QED) is 0.886. The van der Waals surface area contributed by atoms with Crippen LogP contribution in [0.25, 0.3) is 0 Å². The lowest BCUT2D eigenvalue weighted by atomic mass is 10.2. The summed E-state index contributed by atoms with van der Waals surface area (Å²) in [6.07, 6.45) is 3.00. The summed E-state index contributed by atoms with van der Waals surface area (Å²) in [4.78, 5) is 6.99. The van der Waals surface area contributed by atoms with Gasteiger partial charge in [0.2, 0.25) is 0 Å². The minimum atomic E-state index is 0.752. The van der Waals surface area contributed by atoms with Crippen molar-refractivity contribution in [2.45, 2.75) is 32.1 Å². The first-order chi connectivity index (χ1) is 8.79. The van der Waals surface area contributed by atoms with E-state index in [1.807, 2.05) is 12.3 Å². The van der Waals surface area contributed by atoms with Crippen LogP contribution in [-0.2, 0) is 6.54 Å². The van der Waals surface area contributed by atoms with Crippen LogP contribution in [0.15, 0.2) is 18.3 Å². The van der Waals surface area contributed by atoms with E-state index in [1.165, 1.54) is 24.4 Å². The van der Waals surface area contributed by atoms with Crippen LogP contribution in [0.1, 0.15) is 25.8 Å². The number of pyridine rings is 1. The van der Waals surface area contributed by atoms with E-state index in [2.05, 4.69) is 46.9 Å². The number of anilines is 1. The van der Waals surface area contributed by atoms with Crippen molar-refractivity contribution in [3.63, 3.8) is 0 Å². The average Bonchev–Trinajstić information content (AvgIpc) is 2.38. The molecule has 100 valence electrons. The molecule has 0 saturated carbocycles. The largest absolute Gasteiger partial charge is 0.370 e. The number of nitrogens with one attached hydrogen (secondary N) is 1. The van der Waals surface area contributed by atoms with Gasteiger partial charge in [0.1, 0.15) is 5.82 Å². The molecule has 2 rings (SSSR count). The number of nitrogens with zero attached hydrogens (tertiary/aromatic N) is 2. The van der Waals surface area contributed by atoms with E-state index in [4.69, 9.17) is 0 Å². The van der Waals surface area contributed by atoms with Crippen LogP contribution in [-0.4, -0.2) is 40.5 Å². The predicted molar refractivity (Wildman–Crippen MR) is 80.2 cm³/mol. The van der Waals surface area contributed by atoms with Gasteiger partial charge in [0.25, 0.3) is 0 Å². The Balaban J connectivity index is 1.99. The van der Waals surface area contributed by atoms with Crippen molar-refractivity contribution in [1.29, 1.82) is 0 Å². The van der Waals surface area contributed by atoms with Gasteiger partial charge in [-0.2, -0.15) is 11.8 Å². The van der Waals surface area contributed by atoms with E-state index in [1.54, 1.807) is 0 Å². The van der Waals surface area contributed by atoms with Crippen LogP contribution in [0, 0.1) is 0 Å². The van der Waals surface area contributed by atoms with Crippen molar-refractivity contribution in [3.8, 4) is 0 Å². The third-order valence-corrected chi connectivity index (χ3v) is 4.29. The minimum Gasteiger partial charge on any atom is -0.370 e. The highest BCUT2D eigenvalue weighted by Gasteiger charge is 2.17. The molecule has 0 aromatic carbocycles. The number of hydrogen-bond acceptors (Lipinski definition) is 4. The van der Waals surface area contributed by atoms with Crippen molar-refractivity contribution >= 4 is 17.6 Å². The Bertz CT molecular complexity index is 370. The molecule has 2 heterocycles.